The highest BCUT2D eigenvalue weighted by Gasteiger charge is 2.14. The maximum absolute atomic E-state index is 5.82. The third kappa shape index (κ3) is 2.64. The smallest absolute Gasteiger partial charge is 0.181 e. The molecule has 0 bridgehead atoms. The van der Waals surface area contributed by atoms with Gasteiger partial charge in [-0.15, -0.1) is 0 Å². The van der Waals surface area contributed by atoms with Gasteiger partial charge in [0.1, 0.15) is 5.52 Å². The van der Waals surface area contributed by atoms with Crippen molar-refractivity contribution in [3.63, 3.8) is 0 Å². The van der Waals surface area contributed by atoms with Gasteiger partial charge in [-0.05, 0) is 30.5 Å². The number of nitrogens with two attached hydrogens (primary N) is 1. The average molecular weight is 247 g/mol. The van der Waals surface area contributed by atoms with Crippen LogP contribution in [-0.2, 0) is 0 Å². The van der Waals surface area contributed by atoms with Crippen LogP contribution in [-0.4, -0.2) is 25.1 Å². The van der Waals surface area contributed by atoms with Crippen molar-refractivity contribution in [3.8, 4) is 0 Å². The van der Waals surface area contributed by atoms with E-state index in [-0.39, 0.29) is 0 Å². The van der Waals surface area contributed by atoms with Crippen molar-refractivity contribution in [2.24, 2.45) is 17.6 Å². The van der Waals surface area contributed by atoms with Gasteiger partial charge >= 0.3 is 0 Å². The van der Waals surface area contributed by atoms with Crippen LogP contribution in [0.5, 0.6) is 0 Å². The van der Waals surface area contributed by atoms with Crippen molar-refractivity contribution in [1.82, 2.24) is 4.98 Å². The van der Waals surface area contributed by atoms with E-state index >= 15 is 0 Å². The zero-order chi connectivity index (χ0) is 13.1. The zero-order valence-corrected chi connectivity index (χ0v) is 11.3. The second-order valence-corrected chi connectivity index (χ2v) is 5.12. The summed E-state index contributed by atoms with van der Waals surface area (Å²) in [5.74, 6) is 1.09. The van der Waals surface area contributed by atoms with Crippen LogP contribution in [0.3, 0.4) is 0 Å². The molecule has 0 amide bonds. The standard InChI is InChI=1S/C14H21N3O/c1-10(2)11(7-15)8-17(3)12-4-5-13-14(6-12)18-9-16-13/h4-6,9-11H,7-8,15H2,1-3H3. The molecule has 0 aliphatic carbocycles. The monoisotopic (exact) mass is 247 g/mol. The van der Waals surface area contributed by atoms with Crippen molar-refractivity contribution in [2.45, 2.75) is 13.8 Å². The Morgan fingerprint density at radius 3 is 2.83 bits per heavy atom. The molecule has 4 heteroatoms. The number of aromatic nitrogens is 1. The second kappa shape index (κ2) is 5.40. The lowest BCUT2D eigenvalue weighted by Crippen LogP contribution is -2.33. The van der Waals surface area contributed by atoms with Crippen molar-refractivity contribution >= 4 is 16.8 Å². The maximum atomic E-state index is 5.82. The van der Waals surface area contributed by atoms with Gasteiger partial charge in [-0.3, -0.25) is 0 Å². The van der Waals surface area contributed by atoms with Crippen LogP contribution in [0, 0.1) is 11.8 Å². The summed E-state index contributed by atoms with van der Waals surface area (Å²) in [5.41, 5.74) is 8.68. The van der Waals surface area contributed by atoms with E-state index in [9.17, 15) is 0 Å². The summed E-state index contributed by atoms with van der Waals surface area (Å²) < 4.78 is 5.33. The summed E-state index contributed by atoms with van der Waals surface area (Å²) in [6.07, 6.45) is 1.48. The molecular weight excluding hydrogens is 226 g/mol. The molecule has 2 N–H and O–H groups in total. The number of hydrogen-bond donors (Lipinski definition) is 1. The summed E-state index contributed by atoms with van der Waals surface area (Å²) in [5, 5.41) is 0. The molecule has 1 unspecified atom stereocenters. The predicted octanol–water partition coefficient (Wildman–Crippen LogP) is 2.49. The van der Waals surface area contributed by atoms with Crippen LogP contribution >= 0.6 is 0 Å². The van der Waals surface area contributed by atoms with Gasteiger partial charge in [-0.1, -0.05) is 13.8 Å². The van der Waals surface area contributed by atoms with E-state index in [4.69, 9.17) is 10.2 Å². The minimum Gasteiger partial charge on any atom is -0.443 e. The first-order chi connectivity index (χ1) is 8.61. The number of rotatable bonds is 5. The summed E-state index contributed by atoms with van der Waals surface area (Å²) in [4.78, 5) is 6.34. The minimum atomic E-state index is 0.500. The lowest BCUT2D eigenvalue weighted by atomic mass is 9.95. The Morgan fingerprint density at radius 2 is 2.17 bits per heavy atom. The van der Waals surface area contributed by atoms with Crippen LogP contribution in [0.4, 0.5) is 5.69 Å². The Morgan fingerprint density at radius 1 is 1.39 bits per heavy atom. The van der Waals surface area contributed by atoms with E-state index in [0.717, 1.165) is 23.3 Å². The van der Waals surface area contributed by atoms with Gasteiger partial charge in [0.05, 0.1) is 0 Å². The molecule has 0 saturated carbocycles. The SMILES string of the molecule is CC(C)C(CN)CN(C)c1ccc2ncoc2c1. The molecular formula is C14H21N3O. The average Bonchev–Trinajstić information content (AvgIpc) is 2.82. The number of benzene rings is 1. The van der Waals surface area contributed by atoms with Crippen LogP contribution in [0.2, 0.25) is 0 Å². The van der Waals surface area contributed by atoms with E-state index in [1.165, 1.54) is 6.39 Å². The lowest BCUT2D eigenvalue weighted by molar-refractivity contribution is 0.398. The second-order valence-electron chi connectivity index (χ2n) is 5.12. The number of nitrogens with zero attached hydrogens (tertiary/aromatic N) is 2. The van der Waals surface area contributed by atoms with Crippen molar-refractivity contribution in [2.75, 3.05) is 25.0 Å². The quantitative estimate of drug-likeness (QED) is 0.882. The van der Waals surface area contributed by atoms with E-state index < -0.39 is 0 Å². The van der Waals surface area contributed by atoms with E-state index in [2.05, 4.69) is 36.8 Å². The molecule has 2 rings (SSSR count). The molecule has 0 aliphatic rings. The normalized spacial score (nSPS) is 13.2. The molecule has 1 aromatic heterocycles. The van der Waals surface area contributed by atoms with Gasteiger partial charge in [0.25, 0.3) is 0 Å². The molecule has 0 spiro atoms. The third-order valence-corrected chi connectivity index (χ3v) is 3.51. The Bertz CT molecular complexity index is 506. The van der Waals surface area contributed by atoms with Crippen LogP contribution < -0.4 is 10.6 Å². The largest absolute Gasteiger partial charge is 0.443 e. The fourth-order valence-corrected chi connectivity index (χ4v) is 2.10. The molecule has 98 valence electrons. The molecule has 1 aromatic carbocycles. The van der Waals surface area contributed by atoms with Crippen LogP contribution in [0.25, 0.3) is 11.1 Å². The zero-order valence-electron chi connectivity index (χ0n) is 11.3. The van der Waals surface area contributed by atoms with Crippen molar-refractivity contribution in [1.29, 1.82) is 0 Å². The number of oxazole rings is 1. The Balaban J connectivity index is 2.14. The van der Waals surface area contributed by atoms with Gasteiger partial charge in [-0.25, -0.2) is 4.98 Å². The molecule has 0 saturated heterocycles. The van der Waals surface area contributed by atoms with E-state index in [0.29, 0.717) is 18.4 Å². The summed E-state index contributed by atoms with van der Waals surface area (Å²) in [7, 11) is 2.09. The van der Waals surface area contributed by atoms with Gasteiger partial charge in [0.2, 0.25) is 0 Å². The maximum Gasteiger partial charge on any atom is 0.181 e. The molecule has 0 radical (unpaired) electrons. The molecule has 1 atom stereocenters. The molecule has 0 aliphatic heterocycles. The topological polar surface area (TPSA) is 55.3 Å². The first kappa shape index (κ1) is 12.9. The highest BCUT2D eigenvalue weighted by Crippen LogP contribution is 2.22. The minimum absolute atomic E-state index is 0.500. The lowest BCUT2D eigenvalue weighted by Gasteiger charge is -2.27. The number of fused-ring (bicyclic) bond motifs is 1. The Labute approximate surface area is 108 Å². The molecule has 4 nitrogen and oxygen atoms in total. The van der Waals surface area contributed by atoms with Gasteiger partial charge < -0.3 is 15.1 Å². The summed E-state index contributed by atoms with van der Waals surface area (Å²) in [6, 6.07) is 6.08. The molecule has 18 heavy (non-hydrogen) atoms. The first-order valence-electron chi connectivity index (χ1n) is 6.36. The first-order valence-corrected chi connectivity index (χ1v) is 6.36. The van der Waals surface area contributed by atoms with E-state index in [1.807, 2.05) is 12.1 Å². The van der Waals surface area contributed by atoms with Gasteiger partial charge in [0, 0.05) is 25.3 Å². The van der Waals surface area contributed by atoms with Gasteiger partial charge in [0.15, 0.2) is 12.0 Å². The van der Waals surface area contributed by atoms with Crippen molar-refractivity contribution < 1.29 is 4.42 Å². The molecule has 2 aromatic rings. The van der Waals surface area contributed by atoms with Crippen LogP contribution in [0.1, 0.15) is 13.8 Å². The predicted molar refractivity (Wildman–Crippen MR) is 74.7 cm³/mol. The van der Waals surface area contributed by atoms with Gasteiger partial charge in [-0.2, -0.15) is 0 Å². The Hall–Kier alpha value is -1.55. The highest BCUT2D eigenvalue weighted by molar-refractivity contribution is 5.76. The third-order valence-electron chi connectivity index (χ3n) is 3.51. The molecule has 0 fully saturated rings. The summed E-state index contributed by atoms with van der Waals surface area (Å²) in [6.45, 7) is 6.09. The van der Waals surface area contributed by atoms with Crippen LogP contribution in [0.15, 0.2) is 29.0 Å². The number of anilines is 1. The number of hydrogen-bond acceptors (Lipinski definition) is 4. The molecule has 1 heterocycles. The van der Waals surface area contributed by atoms with E-state index in [1.54, 1.807) is 0 Å². The summed E-state index contributed by atoms with van der Waals surface area (Å²) >= 11 is 0. The Kier molecular flexibility index (Phi) is 3.87. The fourth-order valence-electron chi connectivity index (χ4n) is 2.10. The highest BCUT2D eigenvalue weighted by atomic mass is 16.3. The van der Waals surface area contributed by atoms with Crippen molar-refractivity contribution in [3.05, 3.63) is 24.6 Å². The fraction of sp³-hybridized carbons (Fsp3) is 0.500.